The number of rotatable bonds is 3. The van der Waals surface area contributed by atoms with E-state index in [9.17, 15) is 9.59 Å². The van der Waals surface area contributed by atoms with E-state index in [1.807, 2.05) is 43.3 Å². The lowest BCUT2D eigenvalue weighted by molar-refractivity contribution is -0.141. The summed E-state index contributed by atoms with van der Waals surface area (Å²) < 4.78 is 5.02. The Morgan fingerprint density at radius 2 is 1.78 bits per heavy atom. The monoisotopic (exact) mass is 240 g/mol. The Morgan fingerprint density at radius 1 is 1.06 bits per heavy atom. The third kappa shape index (κ3) is 2.46. The highest BCUT2D eigenvalue weighted by Crippen LogP contribution is 2.32. The molecule has 2 rings (SSSR count). The first-order chi connectivity index (χ1) is 8.72. The summed E-state index contributed by atoms with van der Waals surface area (Å²) in [5.41, 5.74) is 2.76. The third-order valence-corrected chi connectivity index (χ3v) is 2.60. The average Bonchev–Trinajstić information content (AvgIpc) is 2.40. The molecule has 0 unspecified atom stereocenters. The smallest absolute Gasteiger partial charge is 0.376 e. The van der Waals surface area contributed by atoms with Gasteiger partial charge in [0.2, 0.25) is 6.29 Å². The van der Waals surface area contributed by atoms with E-state index in [1.165, 1.54) is 0 Å². The van der Waals surface area contributed by atoms with E-state index >= 15 is 0 Å². The van der Waals surface area contributed by atoms with Gasteiger partial charge in [-0.3, -0.25) is 4.79 Å². The fourth-order valence-corrected chi connectivity index (χ4v) is 1.83. The van der Waals surface area contributed by atoms with Crippen LogP contribution in [0.15, 0.2) is 48.5 Å². The minimum Gasteiger partial charge on any atom is -0.420 e. The normalized spacial score (nSPS) is 9.83. The zero-order valence-corrected chi connectivity index (χ0v) is 9.92. The van der Waals surface area contributed by atoms with Crippen molar-refractivity contribution in [3.63, 3.8) is 0 Å². The van der Waals surface area contributed by atoms with Gasteiger partial charge in [-0.05, 0) is 24.1 Å². The molecule has 2 aromatic carbocycles. The number of benzene rings is 2. The molecule has 0 heterocycles. The maximum absolute atomic E-state index is 11.1. The minimum absolute atomic E-state index is 0.164. The molecule has 0 saturated heterocycles. The summed E-state index contributed by atoms with van der Waals surface area (Å²) in [7, 11) is 0. The number of aldehydes is 1. The molecule has 0 aliphatic rings. The summed E-state index contributed by atoms with van der Waals surface area (Å²) in [6.07, 6.45) is 0.164. The first-order valence-electron chi connectivity index (χ1n) is 5.54. The lowest BCUT2D eigenvalue weighted by Crippen LogP contribution is -2.09. The molecule has 0 aromatic heterocycles. The second kappa shape index (κ2) is 5.27. The van der Waals surface area contributed by atoms with Gasteiger partial charge in [0.15, 0.2) is 0 Å². The second-order valence-corrected chi connectivity index (χ2v) is 3.85. The predicted octanol–water partition coefficient (Wildman–Crippen LogP) is 2.77. The van der Waals surface area contributed by atoms with Crippen molar-refractivity contribution in [2.75, 3.05) is 0 Å². The predicted molar refractivity (Wildman–Crippen MR) is 68.3 cm³/mol. The van der Waals surface area contributed by atoms with Crippen LogP contribution in [0.2, 0.25) is 0 Å². The van der Waals surface area contributed by atoms with Crippen LogP contribution >= 0.6 is 0 Å². The molecule has 2 aromatic rings. The van der Waals surface area contributed by atoms with Crippen LogP contribution in [-0.2, 0) is 9.59 Å². The number of aryl methyl sites for hydroxylation is 1. The van der Waals surface area contributed by atoms with E-state index in [0.29, 0.717) is 5.75 Å². The van der Waals surface area contributed by atoms with Gasteiger partial charge in [0.05, 0.1) is 0 Å². The van der Waals surface area contributed by atoms with E-state index in [4.69, 9.17) is 4.74 Å². The van der Waals surface area contributed by atoms with E-state index in [2.05, 4.69) is 0 Å². The first kappa shape index (κ1) is 12.0. The van der Waals surface area contributed by atoms with Crippen molar-refractivity contribution in [1.82, 2.24) is 0 Å². The molecule has 0 aliphatic carbocycles. The molecule has 0 spiro atoms. The lowest BCUT2D eigenvalue weighted by atomic mass is 9.99. The fraction of sp³-hybridized carbons (Fsp3) is 0.0667. The Bertz CT molecular complexity index is 574. The first-order valence-corrected chi connectivity index (χ1v) is 5.54. The average molecular weight is 240 g/mol. The zero-order valence-electron chi connectivity index (χ0n) is 9.92. The molecule has 0 fully saturated rings. The topological polar surface area (TPSA) is 43.4 Å². The molecule has 18 heavy (non-hydrogen) atoms. The summed E-state index contributed by atoms with van der Waals surface area (Å²) in [4.78, 5) is 21.5. The minimum atomic E-state index is -0.891. The molecule has 0 atom stereocenters. The van der Waals surface area contributed by atoms with E-state index in [0.717, 1.165) is 16.7 Å². The van der Waals surface area contributed by atoms with Gasteiger partial charge < -0.3 is 4.74 Å². The molecule has 0 N–H and O–H groups in total. The Kier molecular flexibility index (Phi) is 3.53. The molecular formula is C15H12O3. The number of carbonyl (C=O) groups excluding carboxylic acids is 2. The Morgan fingerprint density at radius 3 is 2.44 bits per heavy atom. The standard InChI is InChI=1S/C15H12O3/c1-11-6-5-9-13(18-14(17)10-16)15(11)12-7-3-2-4-8-12/h2-10H,1H3. The molecule has 0 saturated carbocycles. The van der Waals surface area contributed by atoms with E-state index in [-0.39, 0.29) is 6.29 Å². The number of carbonyl (C=O) groups is 2. The summed E-state index contributed by atoms with van der Waals surface area (Å²) in [6.45, 7) is 1.93. The van der Waals surface area contributed by atoms with Crippen LogP contribution < -0.4 is 4.74 Å². The molecule has 3 nitrogen and oxygen atoms in total. The maximum Gasteiger partial charge on any atom is 0.376 e. The second-order valence-electron chi connectivity index (χ2n) is 3.85. The molecule has 0 radical (unpaired) electrons. The Labute approximate surface area is 105 Å². The summed E-state index contributed by atoms with van der Waals surface area (Å²) in [5, 5.41) is 0. The van der Waals surface area contributed by atoms with Crippen molar-refractivity contribution in [1.29, 1.82) is 0 Å². The maximum atomic E-state index is 11.1. The van der Waals surface area contributed by atoms with Crippen LogP contribution in [0.25, 0.3) is 11.1 Å². The molecule has 90 valence electrons. The lowest BCUT2D eigenvalue weighted by Gasteiger charge is -2.11. The van der Waals surface area contributed by atoms with Crippen molar-refractivity contribution < 1.29 is 14.3 Å². The highest BCUT2D eigenvalue weighted by Gasteiger charge is 2.11. The van der Waals surface area contributed by atoms with Gasteiger partial charge in [0, 0.05) is 5.56 Å². The summed E-state index contributed by atoms with van der Waals surface area (Å²) >= 11 is 0. The third-order valence-electron chi connectivity index (χ3n) is 2.60. The van der Waals surface area contributed by atoms with Gasteiger partial charge in [0.25, 0.3) is 0 Å². The van der Waals surface area contributed by atoms with Gasteiger partial charge >= 0.3 is 5.97 Å². The number of esters is 1. The van der Waals surface area contributed by atoms with E-state index < -0.39 is 5.97 Å². The highest BCUT2D eigenvalue weighted by molar-refractivity contribution is 6.21. The Hall–Kier alpha value is -2.42. The van der Waals surface area contributed by atoms with Gasteiger partial charge in [-0.2, -0.15) is 0 Å². The molecule has 0 bridgehead atoms. The number of hydrogen-bond donors (Lipinski definition) is 0. The van der Waals surface area contributed by atoms with Crippen LogP contribution in [-0.4, -0.2) is 12.3 Å². The van der Waals surface area contributed by atoms with Crippen LogP contribution in [0.1, 0.15) is 5.56 Å². The molecular weight excluding hydrogens is 228 g/mol. The van der Waals surface area contributed by atoms with Crippen molar-refractivity contribution in [3.05, 3.63) is 54.1 Å². The quantitative estimate of drug-likeness (QED) is 0.358. The van der Waals surface area contributed by atoms with Crippen LogP contribution in [0.3, 0.4) is 0 Å². The largest absolute Gasteiger partial charge is 0.420 e. The van der Waals surface area contributed by atoms with E-state index in [1.54, 1.807) is 12.1 Å². The highest BCUT2D eigenvalue weighted by atomic mass is 16.5. The van der Waals surface area contributed by atoms with Crippen LogP contribution in [0, 0.1) is 6.92 Å². The van der Waals surface area contributed by atoms with Gasteiger partial charge in [0.1, 0.15) is 5.75 Å². The number of hydrogen-bond acceptors (Lipinski definition) is 3. The van der Waals surface area contributed by atoms with Gasteiger partial charge in [-0.15, -0.1) is 0 Å². The van der Waals surface area contributed by atoms with Crippen molar-refractivity contribution in [2.24, 2.45) is 0 Å². The number of ether oxygens (including phenoxy) is 1. The van der Waals surface area contributed by atoms with Crippen molar-refractivity contribution in [2.45, 2.75) is 6.92 Å². The molecule has 3 heteroatoms. The SMILES string of the molecule is Cc1cccc(OC(=O)C=O)c1-c1ccccc1. The van der Waals surface area contributed by atoms with Crippen LogP contribution in [0.4, 0.5) is 0 Å². The molecule has 0 amide bonds. The van der Waals surface area contributed by atoms with Crippen molar-refractivity contribution in [3.8, 4) is 16.9 Å². The van der Waals surface area contributed by atoms with Crippen LogP contribution in [0.5, 0.6) is 5.75 Å². The molecule has 0 aliphatic heterocycles. The summed E-state index contributed by atoms with van der Waals surface area (Å²) in [5.74, 6) is -0.490. The van der Waals surface area contributed by atoms with Gasteiger partial charge in [-0.25, -0.2) is 4.79 Å². The fourth-order valence-electron chi connectivity index (χ4n) is 1.83. The Balaban J connectivity index is 2.51. The van der Waals surface area contributed by atoms with Crippen molar-refractivity contribution >= 4 is 12.3 Å². The summed E-state index contributed by atoms with van der Waals surface area (Å²) in [6, 6.07) is 15.0. The van der Waals surface area contributed by atoms with Gasteiger partial charge in [-0.1, -0.05) is 42.5 Å². The zero-order chi connectivity index (χ0) is 13.0.